The molecule has 0 saturated carbocycles. The molecule has 118 valence electrons. The second-order valence-electron chi connectivity index (χ2n) is 6.44. The van der Waals surface area contributed by atoms with Crippen LogP contribution in [0.4, 0.5) is 0 Å². The summed E-state index contributed by atoms with van der Waals surface area (Å²) in [7, 11) is 0. The maximum atomic E-state index is 5.63. The molecule has 2 bridgehead atoms. The average Bonchev–Trinajstić information content (AvgIpc) is 3.09. The van der Waals surface area contributed by atoms with E-state index >= 15 is 0 Å². The molecule has 5 heterocycles. The molecule has 3 aliphatic heterocycles. The Hall–Kier alpha value is -1.66. The minimum absolute atomic E-state index is 0.597. The fourth-order valence-corrected chi connectivity index (χ4v) is 3.75. The van der Waals surface area contributed by atoms with E-state index in [9.17, 15) is 0 Å². The molecule has 0 spiro atoms. The molecule has 2 unspecified atom stereocenters. The Bertz CT molecular complexity index is 594. The van der Waals surface area contributed by atoms with Crippen molar-refractivity contribution in [2.45, 2.75) is 51.9 Å². The normalized spacial score (nSPS) is 25.9. The highest BCUT2D eigenvalue weighted by Crippen LogP contribution is 2.31. The van der Waals surface area contributed by atoms with Crippen LogP contribution in [0.5, 0.6) is 0 Å². The van der Waals surface area contributed by atoms with Gasteiger partial charge in [-0.3, -0.25) is 9.80 Å². The van der Waals surface area contributed by atoms with Gasteiger partial charge in [0, 0.05) is 39.0 Å². The third-order valence-electron chi connectivity index (χ3n) is 4.81. The van der Waals surface area contributed by atoms with Crippen LogP contribution >= 0.6 is 0 Å². The van der Waals surface area contributed by atoms with Crippen LogP contribution < -0.4 is 0 Å². The average molecular weight is 302 g/mol. The van der Waals surface area contributed by atoms with E-state index in [1.807, 2.05) is 26.2 Å². The molecule has 2 atom stereocenters. The molecule has 5 rings (SSSR count). The molecular weight excluding hydrogens is 280 g/mol. The monoisotopic (exact) mass is 302 g/mol. The molecule has 3 fully saturated rings. The molecule has 0 N–H and O–H groups in total. The molecule has 0 radical (unpaired) electrons. The first kappa shape index (κ1) is 14.0. The lowest BCUT2D eigenvalue weighted by Gasteiger charge is -2.51. The minimum Gasteiger partial charge on any atom is -0.445 e. The van der Waals surface area contributed by atoms with Crippen LogP contribution in [0.2, 0.25) is 0 Å². The predicted molar refractivity (Wildman–Crippen MR) is 80.1 cm³/mol. The number of piperidine rings is 2. The lowest BCUT2D eigenvalue weighted by Crippen LogP contribution is -2.61. The summed E-state index contributed by atoms with van der Waals surface area (Å²) in [6.07, 6.45) is 6.24. The Morgan fingerprint density at radius 3 is 1.68 bits per heavy atom. The zero-order valence-corrected chi connectivity index (χ0v) is 13.2. The number of aromatic nitrogens is 2. The van der Waals surface area contributed by atoms with E-state index in [4.69, 9.17) is 8.83 Å². The molecule has 2 aromatic rings. The Morgan fingerprint density at radius 1 is 0.909 bits per heavy atom. The number of fused-ring (bicyclic) bond motifs is 3. The van der Waals surface area contributed by atoms with Crippen molar-refractivity contribution in [2.24, 2.45) is 0 Å². The molecule has 6 heteroatoms. The molecule has 3 aliphatic rings. The van der Waals surface area contributed by atoms with E-state index in [0.717, 1.165) is 49.5 Å². The maximum absolute atomic E-state index is 5.63. The van der Waals surface area contributed by atoms with Crippen molar-refractivity contribution >= 4 is 0 Å². The zero-order chi connectivity index (χ0) is 15.1. The van der Waals surface area contributed by atoms with Crippen LogP contribution in [0.15, 0.2) is 21.2 Å². The standard InChI is InChI=1S/C16H22N4O2/c1-11-17-5-15(21-11)9-19-7-14-4-3-13(19)8-20(14)10-16-6-18-12(2)22-16/h5-6,13-14H,3-4,7-10H2,1-2H3. The van der Waals surface area contributed by atoms with Gasteiger partial charge in [-0.2, -0.15) is 0 Å². The Kier molecular flexibility index (Phi) is 3.50. The van der Waals surface area contributed by atoms with Gasteiger partial charge in [0.05, 0.1) is 25.5 Å². The molecule has 0 amide bonds. The molecule has 3 saturated heterocycles. The number of oxazole rings is 2. The molecule has 6 nitrogen and oxygen atoms in total. The Balaban J connectivity index is 1.40. The second-order valence-corrected chi connectivity index (χ2v) is 6.44. The molecule has 2 aromatic heterocycles. The van der Waals surface area contributed by atoms with Crippen LogP contribution in [0.1, 0.15) is 36.1 Å². The van der Waals surface area contributed by atoms with Gasteiger partial charge < -0.3 is 8.83 Å². The fraction of sp³-hybridized carbons (Fsp3) is 0.625. The third-order valence-corrected chi connectivity index (χ3v) is 4.81. The second kappa shape index (κ2) is 5.52. The SMILES string of the molecule is Cc1ncc(CN2CC3CCC2CN3Cc2cnc(C)o2)o1. The van der Waals surface area contributed by atoms with Gasteiger partial charge in [-0.15, -0.1) is 0 Å². The minimum atomic E-state index is 0.597. The summed E-state index contributed by atoms with van der Waals surface area (Å²) >= 11 is 0. The fourth-order valence-electron chi connectivity index (χ4n) is 3.75. The van der Waals surface area contributed by atoms with Gasteiger partial charge in [0.1, 0.15) is 11.5 Å². The number of aryl methyl sites for hydroxylation is 2. The van der Waals surface area contributed by atoms with Crippen molar-refractivity contribution in [1.82, 2.24) is 19.8 Å². The predicted octanol–water partition coefficient (Wildman–Crippen LogP) is 2.13. The van der Waals surface area contributed by atoms with Crippen molar-refractivity contribution < 1.29 is 8.83 Å². The number of rotatable bonds is 4. The first-order chi connectivity index (χ1) is 10.7. The van der Waals surface area contributed by atoms with Gasteiger partial charge in [0.2, 0.25) is 0 Å². The van der Waals surface area contributed by atoms with Gasteiger partial charge in [-0.25, -0.2) is 9.97 Å². The summed E-state index contributed by atoms with van der Waals surface area (Å²) in [5.41, 5.74) is 0. The number of hydrogen-bond acceptors (Lipinski definition) is 6. The van der Waals surface area contributed by atoms with Crippen molar-refractivity contribution in [3.63, 3.8) is 0 Å². The first-order valence-electron chi connectivity index (χ1n) is 7.98. The van der Waals surface area contributed by atoms with Crippen LogP contribution in [0.25, 0.3) is 0 Å². The van der Waals surface area contributed by atoms with Gasteiger partial charge >= 0.3 is 0 Å². The highest BCUT2D eigenvalue weighted by molar-refractivity contribution is 5.02. The smallest absolute Gasteiger partial charge is 0.191 e. The zero-order valence-electron chi connectivity index (χ0n) is 13.2. The van der Waals surface area contributed by atoms with Gasteiger partial charge in [-0.1, -0.05) is 0 Å². The van der Waals surface area contributed by atoms with Crippen LogP contribution in [0, 0.1) is 13.8 Å². The maximum Gasteiger partial charge on any atom is 0.191 e. The van der Waals surface area contributed by atoms with E-state index in [1.165, 1.54) is 12.8 Å². The number of nitrogens with zero attached hydrogens (tertiary/aromatic N) is 4. The van der Waals surface area contributed by atoms with Gasteiger partial charge in [-0.05, 0) is 12.8 Å². The summed E-state index contributed by atoms with van der Waals surface area (Å²) in [5, 5.41) is 0. The van der Waals surface area contributed by atoms with Crippen molar-refractivity contribution in [2.75, 3.05) is 13.1 Å². The van der Waals surface area contributed by atoms with Crippen molar-refractivity contribution in [1.29, 1.82) is 0 Å². The topological polar surface area (TPSA) is 58.5 Å². The highest BCUT2D eigenvalue weighted by atomic mass is 16.4. The Morgan fingerprint density at radius 2 is 1.36 bits per heavy atom. The molecule has 22 heavy (non-hydrogen) atoms. The van der Waals surface area contributed by atoms with Crippen molar-refractivity contribution in [3.8, 4) is 0 Å². The largest absolute Gasteiger partial charge is 0.445 e. The van der Waals surface area contributed by atoms with E-state index in [0.29, 0.717) is 12.1 Å². The summed E-state index contributed by atoms with van der Waals surface area (Å²) < 4.78 is 11.3. The lowest BCUT2D eigenvalue weighted by atomic mass is 9.90. The van der Waals surface area contributed by atoms with Crippen LogP contribution in [-0.2, 0) is 13.1 Å². The molecule has 0 aliphatic carbocycles. The van der Waals surface area contributed by atoms with E-state index in [2.05, 4.69) is 19.8 Å². The Labute approximate surface area is 130 Å². The summed E-state index contributed by atoms with van der Waals surface area (Å²) in [5.74, 6) is 3.45. The third kappa shape index (κ3) is 2.68. The van der Waals surface area contributed by atoms with Crippen LogP contribution in [-0.4, -0.2) is 44.9 Å². The first-order valence-corrected chi connectivity index (χ1v) is 7.98. The van der Waals surface area contributed by atoms with E-state index < -0.39 is 0 Å². The summed E-state index contributed by atoms with van der Waals surface area (Å²) in [6.45, 7) is 7.73. The van der Waals surface area contributed by atoms with E-state index in [-0.39, 0.29) is 0 Å². The highest BCUT2D eigenvalue weighted by Gasteiger charge is 2.39. The number of piperazine rings is 1. The summed E-state index contributed by atoms with van der Waals surface area (Å²) in [4.78, 5) is 13.5. The van der Waals surface area contributed by atoms with Gasteiger partial charge in [0.15, 0.2) is 11.8 Å². The lowest BCUT2D eigenvalue weighted by molar-refractivity contribution is -0.0347. The molecular formula is C16H22N4O2. The van der Waals surface area contributed by atoms with E-state index in [1.54, 1.807) is 0 Å². The number of hydrogen-bond donors (Lipinski definition) is 0. The summed E-state index contributed by atoms with van der Waals surface area (Å²) in [6, 6.07) is 1.19. The van der Waals surface area contributed by atoms with Crippen molar-refractivity contribution in [3.05, 3.63) is 35.7 Å². The van der Waals surface area contributed by atoms with Gasteiger partial charge in [0.25, 0.3) is 0 Å². The molecule has 0 aromatic carbocycles. The van der Waals surface area contributed by atoms with Crippen LogP contribution in [0.3, 0.4) is 0 Å². The quantitative estimate of drug-likeness (QED) is 0.862.